The first-order valence-electron chi connectivity index (χ1n) is 19.2. The number of imidazole rings is 2. The molecule has 59 heavy (non-hydrogen) atoms. The van der Waals surface area contributed by atoms with Gasteiger partial charge in [0, 0.05) is 36.6 Å². The molecule has 324 valence electrons. The van der Waals surface area contributed by atoms with Crippen LogP contribution < -0.4 is 5.32 Å². The van der Waals surface area contributed by atoms with Crippen molar-refractivity contribution < 1.29 is 23.9 Å². The van der Waals surface area contributed by atoms with Gasteiger partial charge in [-0.1, -0.05) is 58.6 Å². The minimum atomic E-state index is -0.743. The van der Waals surface area contributed by atoms with Crippen LogP contribution in [0, 0.1) is 29.6 Å². The lowest BCUT2D eigenvalue weighted by atomic mass is 9.96. The van der Waals surface area contributed by atoms with Gasteiger partial charge in [0.15, 0.2) is 0 Å². The maximum atomic E-state index is 14.0. The fraction of sp³-hybridized carbons (Fsp3) is 0.500. The smallest absolute Gasteiger partial charge is 0.407 e. The van der Waals surface area contributed by atoms with Crippen LogP contribution in [0.5, 0.6) is 0 Å². The first-order chi connectivity index (χ1) is 25.9. The number of methoxy groups -OCH3 is 1. The highest BCUT2D eigenvalue weighted by Gasteiger charge is 2.51. The average molecular weight is 904 g/mol. The number of aromatic amines is 2. The number of nitrogens with one attached hydrogen (secondary N) is 3. The number of nitrogens with zero attached hydrogens (tertiary/aromatic N) is 4. The predicted octanol–water partition coefficient (Wildman–Crippen LogP) is 7.08. The van der Waals surface area contributed by atoms with Gasteiger partial charge in [-0.2, -0.15) is 67.5 Å². The highest BCUT2D eigenvalue weighted by Crippen LogP contribution is 2.45. The lowest BCUT2D eigenvalue weighted by molar-refractivity contribution is -0.137. The zero-order valence-corrected chi connectivity index (χ0v) is 39.6. The van der Waals surface area contributed by atoms with Gasteiger partial charge in [0.05, 0.1) is 54.3 Å². The number of amides is 3. The number of hydrogen-bond acceptors (Lipinski definition) is 7. The summed E-state index contributed by atoms with van der Waals surface area (Å²) in [4.78, 5) is 59.7. The molecule has 3 saturated heterocycles. The van der Waals surface area contributed by atoms with E-state index in [1.807, 2.05) is 79.2 Å². The molecule has 0 unspecified atom stereocenters. The summed E-state index contributed by atoms with van der Waals surface area (Å²) in [5, 5.41) is 2.73. The van der Waals surface area contributed by atoms with E-state index in [0.29, 0.717) is 31.3 Å². The minimum Gasteiger partial charge on any atom is -0.453 e. The number of benzene rings is 2. The Kier molecular flexibility index (Phi) is 19.2. The largest absolute Gasteiger partial charge is 0.453 e. The zero-order valence-electron chi connectivity index (χ0n) is 34.6. The molecule has 4 aromatic rings. The maximum Gasteiger partial charge on any atom is 0.407 e. The zero-order chi connectivity index (χ0) is 38.1. The van der Waals surface area contributed by atoms with Crippen molar-refractivity contribution in [2.75, 3.05) is 26.8 Å². The second kappa shape index (κ2) is 21.9. The fourth-order valence-corrected chi connectivity index (χ4v) is 8.00. The van der Waals surface area contributed by atoms with E-state index in [9.17, 15) is 14.4 Å². The number of hydrogen-bond donors (Lipinski definition) is 3. The van der Waals surface area contributed by atoms with Crippen LogP contribution in [0.1, 0.15) is 102 Å². The predicted molar refractivity (Wildman–Crippen MR) is 257 cm³/mol. The van der Waals surface area contributed by atoms with Gasteiger partial charge in [-0.25, -0.2) is 14.8 Å². The second-order valence-corrected chi connectivity index (χ2v) is 15.8. The first kappa shape index (κ1) is 51.7. The highest BCUT2D eigenvalue weighted by atomic mass is 32.1. The van der Waals surface area contributed by atoms with Gasteiger partial charge in [-0.05, 0) is 73.4 Å². The molecular formula is C42H61N7O5S5. The van der Waals surface area contributed by atoms with Crippen molar-refractivity contribution in [1.82, 2.24) is 35.1 Å². The van der Waals surface area contributed by atoms with Crippen molar-refractivity contribution in [3.05, 3.63) is 71.4 Å². The van der Waals surface area contributed by atoms with Gasteiger partial charge in [0.2, 0.25) is 11.8 Å². The van der Waals surface area contributed by atoms with E-state index in [1.165, 1.54) is 7.11 Å². The molecule has 3 fully saturated rings. The van der Waals surface area contributed by atoms with Crippen molar-refractivity contribution in [2.45, 2.75) is 90.4 Å². The Hall–Kier alpha value is -3.40. The van der Waals surface area contributed by atoms with Gasteiger partial charge < -0.3 is 34.6 Å². The average Bonchev–Trinajstić information content (AvgIpc) is 4.02. The van der Waals surface area contributed by atoms with Crippen molar-refractivity contribution in [1.29, 1.82) is 0 Å². The number of carbonyl (C=O) groups excluding carboxylic acids is 3. The molecule has 12 nitrogen and oxygen atoms in total. The molecule has 5 atom stereocenters. The topological polar surface area (TPSA) is 146 Å². The standard InChI is InChI=1S/C42H51N7O5.5H2S/c1-25(2)27(5)39(50)48-19-7-9-34(48)37-43-23-33(46-37)30-15-12-28(13-16-30)10-11-29-14-17-31-32(21-29)45-38(44-31)35-22-42(18-8-20-54-42)24-49(35)40(51)36(26(3)4)47-41(52)53-6;;;;;/h12-17,21,23,25-27,34-36H,7-9,18-20,22,24H2,1-6H3,(H,43,46)(H,44,45)(H,47,52);5*1H2/t27-,34-,35-,36-,42-;;;;;/m0...../s1. The number of carbonyl (C=O) groups is 3. The van der Waals surface area contributed by atoms with Crippen LogP contribution in [-0.2, 0) is 19.1 Å². The molecule has 3 N–H and O–H groups in total. The summed E-state index contributed by atoms with van der Waals surface area (Å²) >= 11 is 0. The summed E-state index contributed by atoms with van der Waals surface area (Å²) in [5.41, 5.74) is 4.81. The van der Waals surface area contributed by atoms with Crippen LogP contribution in [0.4, 0.5) is 4.79 Å². The lowest BCUT2D eigenvalue weighted by Crippen LogP contribution is -2.51. The molecule has 0 radical (unpaired) electrons. The molecule has 3 aliphatic rings. The van der Waals surface area contributed by atoms with Crippen LogP contribution in [-0.4, -0.2) is 86.1 Å². The fourth-order valence-electron chi connectivity index (χ4n) is 8.00. The van der Waals surface area contributed by atoms with Crippen LogP contribution in [0.2, 0.25) is 0 Å². The Labute approximate surface area is 382 Å². The SMILES string of the molecule is COC(=O)N[C@H](C(=O)N1C[C@]2(CCCO2)C[C@H]1c1nc2ccc(C#Cc3ccc(-c4cnc([C@@H]5CCCN5C(=O)[C@@H](C)C(C)C)[nH]4)cc3)cc2[nH]1)C(C)C.S.S.S.S.S. The minimum absolute atomic E-state index is 0. The number of ether oxygens (including phenoxy) is 2. The number of fused-ring (bicyclic) bond motifs is 1. The van der Waals surface area contributed by atoms with Crippen LogP contribution in [0.3, 0.4) is 0 Å². The third kappa shape index (κ3) is 11.1. The molecule has 0 saturated carbocycles. The normalized spacial score (nSPS) is 20.3. The van der Waals surface area contributed by atoms with Gasteiger partial charge in [0.1, 0.15) is 17.7 Å². The number of likely N-dealkylation sites (tertiary alicyclic amines) is 2. The van der Waals surface area contributed by atoms with E-state index in [0.717, 1.165) is 71.5 Å². The first-order valence-corrected chi connectivity index (χ1v) is 19.2. The van der Waals surface area contributed by atoms with Crippen LogP contribution >= 0.6 is 67.5 Å². The molecule has 5 heterocycles. The molecular weight excluding hydrogens is 843 g/mol. The van der Waals surface area contributed by atoms with Crippen molar-refractivity contribution in [3.63, 3.8) is 0 Å². The van der Waals surface area contributed by atoms with Crippen molar-refractivity contribution >= 4 is 96.4 Å². The van der Waals surface area contributed by atoms with Crippen molar-refractivity contribution in [2.24, 2.45) is 17.8 Å². The molecule has 1 spiro atoms. The van der Waals surface area contributed by atoms with E-state index in [2.05, 4.69) is 46.0 Å². The van der Waals surface area contributed by atoms with Crippen LogP contribution in [0.15, 0.2) is 48.7 Å². The Bertz CT molecular complexity index is 2090. The monoisotopic (exact) mass is 903 g/mol. The number of aromatic nitrogens is 4. The van der Waals surface area contributed by atoms with E-state index in [1.54, 1.807) is 0 Å². The Balaban J connectivity index is 0.00000240. The molecule has 17 heteroatoms. The summed E-state index contributed by atoms with van der Waals surface area (Å²) in [6.45, 7) is 11.9. The molecule has 3 amide bonds. The third-order valence-electron chi connectivity index (χ3n) is 11.5. The Morgan fingerprint density at radius 3 is 2.20 bits per heavy atom. The second-order valence-electron chi connectivity index (χ2n) is 15.8. The van der Waals surface area contributed by atoms with E-state index >= 15 is 0 Å². The third-order valence-corrected chi connectivity index (χ3v) is 11.5. The van der Waals surface area contributed by atoms with Crippen molar-refractivity contribution in [3.8, 4) is 23.1 Å². The Morgan fingerprint density at radius 1 is 0.864 bits per heavy atom. The molecule has 0 aliphatic carbocycles. The summed E-state index contributed by atoms with van der Waals surface area (Å²) < 4.78 is 11.1. The summed E-state index contributed by atoms with van der Waals surface area (Å²) in [6, 6.07) is 12.8. The highest BCUT2D eigenvalue weighted by molar-refractivity contribution is 7.60. The summed E-state index contributed by atoms with van der Waals surface area (Å²) in [6.07, 6.45) is 5.53. The number of H-pyrrole nitrogens is 2. The van der Waals surface area contributed by atoms with E-state index < -0.39 is 17.7 Å². The molecule has 7 rings (SSSR count). The quantitative estimate of drug-likeness (QED) is 0.161. The maximum absolute atomic E-state index is 14.0. The molecule has 2 aromatic heterocycles. The molecule has 2 aromatic carbocycles. The lowest BCUT2D eigenvalue weighted by Gasteiger charge is -2.30. The summed E-state index contributed by atoms with van der Waals surface area (Å²) in [7, 11) is 1.29. The molecule has 3 aliphatic heterocycles. The van der Waals surface area contributed by atoms with Gasteiger partial charge >= 0.3 is 6.09 Å². The van der Waals surface area contributed by atoms with Crippen LogP contribution in [0.25, 0.3) is 22.3 Å². The summed E-state index contributed by atoms with van der Waals surface area (Å²) in [5.74, 6) is 8.25. The number of rotatable bonds is 8. The van der Waals surface area contributed by atoms with E-state index in [-0.39, 0.29) is 103 Å². The molecule has 0 bridgehead atoms. The van der Waals surface area contributed by atoms with Gasteiger partial charge in [-0.15, -0.1) is 0 Å². The van der Waals surface area contributed by atoms with Gasteiger partial charge in [0.25, 0.3) is 0 Å². The number of alkyl carbamates (subject to hydrolysis) is 1. The van der Waals surface area contributed by atoms with E-state index in [4.69, 9.17) is 14.5 Å². The van der Waals surface area contributed by atoms with Gasteiger partial charge in [-0.3, -0.25) is 9.59 Å². The Morgan fingerprint density at radius 2 is 1.56 bits per heavy atom.